The van der Waals surface area contributed by atoms with Crippen molar-refractivity contribution in [2.45, 2.75) is 24.3 Å². The first-order chi connectivity index (χ1) is 10.2. The molecule has 3 nitrogen and oxygen atoms in total. The summed E-state index contributed by atoms with van der Waals surface area (Å²) < 4.78 is 0. The molecule has 110 valence electrons. The first-order valence-electron chi connectivity index (χ1n) is 7.61. The molecule has 2 aromatic rings. The molecule has 1 aromatic heterocycles. The molecular weight excluding hydrogens is 278 g/mol. The first-order valence-corrected chi connectivity index (χ1v) is 8.59. The summed E-state index contributed by atoms with van der Waals surface area (Å²) in [6.45, 7) is 1.16. The van der Waals surface area contributed by atoms with Gasteiger partial charge in [0.1, 0.15) is 5.03 Å². The molecule has 0 spiro atoms. The number of fused-ring (bicyclic) bond motifs is 1. The summed E-state index contributed by atoms with van der Waals surface area (Å²) in [6, 6.07) is 10.3. The number of aryl methyl sites for hydroxylation is 1. The summed E-state index contributed by atoms with van der Waals surface area (Å²) in [5.41, 5.74) is 3.78. The van der Waals surface area contributed by atoms with Crippen LogP contribution >= 0.6 is 11.8 Å². The van der Waals surface area contributed by atoms with Crippen LogP contribution in [-0.4, -0.2) is 36.4 Å². The van der Waals surface area contributed by atoms with E-state index in [4.69, 9.17) is 9.97 Å². The maximum Gasteiger partial charge on any atom is 0.160 e. The molecule has 4 heteroatoms. The number of thioether (sulfide) groups is 1. The summed E-state index contributed by atoms with van der Waals surface area (Å²) in [6.07, 6.45) is 3.46. The van der Waals surface area contributed by atoms with Gasteiger partial charge < -0.3 is 4.90 Å². The second kappa shape index (κ2) is 6.58. The number of hydrogen-bond acceptors (Lipinski definition) is 3. The fourth-order valence-corrected chi connectivity index (χ4v) is 3.83. The molecule has 0 amide bonds. The van der Waals surface area contributed by atoms with Gasteiger partial charge in [-0.2, -0.15) is 0 Å². The molecule has 0 fully saturated rings. The number of rotatable bonds is 5. The highest BCUT2D eigenvalue weighted by Crippen LogP contribution is 2.31. The summed E-state index contributed by atoms with van der Waals surface area (Å²) in [5.74, 6) is 2.00. The Morgan fingerprint density at radius 1 is 1.10 bits per heavy atom. The van der Waals surface area contributed by atoms with Gasteiger partial charge in [-0.1, -0.05) is 30.3 Å². The highest BCUT2D eigenvalue weighted by Gasteiger charge is 2.20. The molecule has 1 aliphatic rings. The van der Waals surface area contributed by atoms with Crippen molar-refractivity contribution in [2.24, 2.45) is 0 Å². The molecule has 1 aromatic carbocycles. The summed E-state index contributed by atoms with van der Waals surface area (Å²) in [5, 5.41) is 1.21. The third kappa shape index (κ3) is 3.44. The third-order valence-corrected chi connectivity index (χ3v) is 4.79. The van der Waals surface area contributed by atoms with Gasteiger partial charge in [-0.25, -0.2) is 9.97 Å². The van der Waals surface area contributed by atoms with Gasteiger partial charge in [-0.3, -0.25) is 0 Å². The van der Waals surface area contributed by atoms with E-state index in [0.29, 0.717) is 0 Å². The molecule has 1 aliphatic carbocycles. The first kappa shape index (κ1) is 14.5. The molecule has 1 heterocycles. The monoisotopic (exact) mass is 300 g/mol. The number of hydrogen-bond donors (Lipinski definition) is 1. The number of aromatic nitrogens is 2. The Bertz CT molecular complexity index is 611. The van der Waals surface area contributed by atoms with Crippen LogP contribution in [0.15, 0.2) is 35.4 Å². The van der Waals surface area contributed by atoms with Crippen molar-refractivity contribution >= 4 is 11.8 Å². The predicted octanol–water partition coefficient (Wildman–Crippen LogP) is 1.87. The Balaban J connectivity index is 1.89. The summed E-state index contributed by atoms with van der Waals surface area (Å²) >= 11 is 1.89. The van der Waals surface area contributed by atoms with Crippen LogP contribution in [0.2, 0.25) is 0 Å². The van der Waals surface area contributed by atoms with Gasteiger partial charge in [-0.15, -0.1) is 11.8 Å². The van der Waals surface area contributed by atoms with E-state index in [-0.39, 0.29) is 0 Å². The van der Waals surface area contributed by atoms with Gasteiger partial charge in [0, 0.05) is 22.6 Å². The zero-order chi connectivity index (χ0) is 14.7. The highest BCUT2D eigenvalue weighted by molar-refractivity contribution is 7.99. The van der Waals surface area contributed by atoms with Crippen LogP contribution in [0.5, 0.6) is 0 Å². The Morgan fingerprint density at radius 2 is 1.90 bits per heavy atom. The molecule has 21 heavy (non-hydrogen) atoms. The van der Waals surface area contributed by atoms with Crippen molar-refractivity contribution in [2.75, 3.05) is 26.4 Å². The number of quaternary nitrogens is 1. The van der Waals surface area contributed by atoms with E-state index in [1.165, 1.54) is 27.6 Å². The molecule has 0 aliphatic heterocycles. The average molecular weight is 300 g/mol. The van der Waals surface area contributed by atoms with Crippen LogP contribution in [0.1, 0.15) is 17.7 Å². The Hall–Kier alpha value is -1.39. The van der Waals surface area contributed by atoms with Crippen LogP contribution in [0.25, 0.3) is 11.4 Å². The SMILES string of the molecule is C[NH+](C)CCSc1nc(-c2ccccc2)nc2c1CCC2. The van der Waals surface area contributed by atoms with Gasteiger partial charge in [0.05, 0.1) is 20.6 Å². The van der Waals surface area contributed by atoms with E-state index in [1.54, 1.807) is 0 Å². The molecule has 0 saturated heterocycles. The van der Waals surface area contributed by atoms with E-state index in [0.717, 1.165) is 36.5 Å². The minimum absolute atomic E-state index is 0.885. The molecule has 0 saturated carbocycles. The van der Waals surface area contributed by atoms with Crippen molar-refractivity contribution in [1.29, 1.82) is 0 Å². The lowest BCUT2D eigenvalue weighted by molar-refractivity contribution is -0.855. The topological polar surface area (TPSA) is 30.2 Å². The number of benzene rings is 1. The zero-order valence-electron chi connectivity index (χ0n) is 12.7. The smallest absolute Gasteiger partial charge is 0.160 e. The molecule has 3 rings (SSSR count). The molecule has 1 N–H and O–H groups in total. The van der Waals surface area contributed by atoms with E-state index >= 15 is 0 Å². The number of nitrogens with zero attached hydrogens (tertiary/aromatic N) is 2. The van der Waals surface area contributed by atoms with Crippen LogP contribution in [0, 0.1) is 0 Å². The minimum Gasteiger partial charge on any atom is -0.339 e. The Kier molecular flexibility index (Phi) is 4.56. The van der Waals surface area contributed by atoms with Crippen LogP contribution in [0.3, 0.4) is 0 Å². The molecule has 0 unspecified atom stereocenters. The van der Waals surface area contributed by atoms with Crippen LogP contribution < -0.4 is 4.90 Å². The van der Waals surface area contributed by atoms with E-state index in [9.17, 15) is 0 Å². The van der Waals surface area contributed by atoms with Crippen molar-refractivity contribution < 1.29 is 4.90 Å². The number of nitrogens with one attached hydrogen (secondary N) is 1. The van der Waals surface area contributed by atoms with E-state index in [2.05, 4.69) is 26.2 Å². The quantitative estimate of drug-likeness (QED) is 0.675. The van der Waals surface area contributed by atoms with Crippen molar-refractivity contribution in [1.82, 2.24) is 9.97 Å². The maximum absolute atomic E-state index is 4.85. The highest BCUT2D eigenvalue weighted by atomic mass is 32.2. The Labute approximate surface area is 130 Å². The normalized spacial score (nSPS) is 13.7. The predicted molar refractivity (Wildman–Crippen MR) is 87.9 cm³/mol. The third-order valence-electron chi connectivity index (χ3n) is 3.77. The van der Waals surface area contributed by atoms with Crippen molar-refractivity contribution in [3.8, 4) is 11.4 Å². The molecular formula is C17H22N3S+. The lowest BCUT2D eigenvalue weighted by Gasteiger charge is -2.11. The van der Waals surface area contributed by atoms with E-state index < -0.39 is 0 Å². The zero-order valence-corrected chi connectivity index (χ0v) is 13.5. The standard InChI is InChI=1S/C17H21N3S/c1-20(2)11-12-21-17-14-9-6-10-15(14)18-16(19-17)13-7-4-3-5-8-13/h3-5,7-8H,6,9-12H2,1-2H3/p+1. The lowest BCUT2D eigenvalue weighted by Crippen LogP contribution is -3.06. The summed E-state index contributed by atoms with van der Waals surface area (Å²) in [4.78, 5) is 11.1. The molecule has 0 atom stereocenters. The minimum atomic E-state index is 0.885. The average Bonchev–Trinajstić information content (AvgIpc) is 2.96. The summed E-state index contributed by atoms with van der Waals surface area (Å²) in [7, 11) is 4.39. The lowest BCUT2D eigenvalue weighted by atomic mass is 10.2. The van der Waals surface area contributed by atoms with E-state index in [1.807, 2.05) is 30.0 Å². The fourth-order valence-electron chi connectivity index (χ4n) is 2.59. The maximum atomic E-state index is 4.85. The van der Waals surface area contributed by atoms with Crippen molar-refractivity contribution in [3.05, 3.63) is 41.6 Å². The molecule has 0 radical (unpaired) electrons. The second-order valence-corrected chi connectivity index (χ2v) is 6.89. The van der Waals surface area contributed by atoms with Crippen LogP contribution in [-0.2, 0) is 12.8 Å². The molecule has 0 bridgehead atoms. The van der Waals surface area contributed by atoms with Gasteiger partial charge in [0.2, 0.25) is 0 Å². The second-order valence-electron chi connectivity index (χ2n) is 5.80. The van der Waals surface area contributed by atoms with Gasteiger partial charge in [0.25, 0.3) is 0 Å². The fraction of sp³-hybridized carbons (Fsp3) is 0.412. The largest absolute Gasteiger partial charge is 0.339 e. The van der Waals surface area contributed by atoms with Crippen molar-refractivity contribution in [3.63, 3.8) is 0 Å². The van der Waals surface area contributed by atoms with Gasteiger partial charge in [-0.05, 0) is 19.3 Å². The van der Waals surface area contributed by atoms with Gasteiger partial charge in [0.15, 0.2) is 5.82 Å². The van der Waals surface area contributed by atoms with Crippen LogP contribution in [0.4, 0.5) is 0 Å². The Morgan fingerprint density at radius 3 is 2.67 bits per heavy atom. The van der Waals surface area contributed by atoms with Gasteiger partial charge >= 0.3 is 0 Å².